The Morgan fingerprint density at radius 1 is 0.636 bits per heavy atom. The van der Waals surface area contributed by atoms with Crippen LogP contribution in [-0.4, -0.2) is 86.3 Å². The first-order valence-corrected chi connectivity index (χ1v) is 7.32. The smallest absolute Gasteiger partial charge is 0.214 e. The van der Waals surface area contributed by atoms with E-state index in [0.29, 0.717) is 79.2 Å². The van der Waals surface area contributed by atoms with E-state index >= 15 is 0 Å². The van der Waals surface area contributed by atoms with Gasteiger partial charge in [0.05, 0.1) is 72.7 Å². The van der Waals surface area contributed by atoms with Gasteiger partial charge in [-0.2, -0.15) is 0 Å². The van der Waals surface area contributed by atoms with Crippen LogP contribution < -0.4 is 4.91 Å². The molecule has 0 aliphatic carbocycles. The van der Waals surface area contributed by atoms with Gasteiger partial charge in [-0.3, -0.25) is 0 Å². The minimum absolute atomic E-state index is 0.407. The Labute approximate surface area is 131 Å². The SMILES string of the molecule is COCCOCCOCCOCCOCCOCCN=[N+]=N. The van der Waals surface area contributed by atoms with Gasteiger partial charge in [-0.1, -0.05) is 0 Å². The van der Waals surface area contributed by atoms with Crippen molar-refractivity contribution in [2.24, 2.45) is 5.11 Å². The highest BCUT2D eigenvalue weighted by molar-refractivity contribution is 4.37. The van der Waals surface area contributed by atoms with Crippen molar-refractivity contribution in [2.75, 3.05) is 86.3 Å². The Balaban J connectivity index is 2.95. The zero-order chi connectivity index (χ0) is 16.1. The molecule has 0 aromatic carbocycles. The molecule has 0 heterocycles. The molecule has 0 rings (SSSR count). The molecule has 0 aliphatic rings. The minimum Gasteiger partial charge on any atom is -0.382 e. The van der Waals surface area contributed by atoms with Crippen molar-refractivity contribution < 1.29 is 28.4 Å². The van der Waals surface area contributed by atoms with Gasteiger partial charge in [0, 0.05) is 7.11 Å². The molecule has 9 heteroatoms. The van der Waals surface area contributed by atoms with E-state index in [1.165, 1.54) is 0 Å². The molecular formula is C13H28N3O6+. The van der Waals surface area contributed by atoms with E-state index in [9.17, 15) is 0 Å². The largest absolute Gasteiger partial charge is 0.382 e. The van der Waals surface area contributed by atoms with E-state index in [0.717, 1.165) is 0 Å². The van der Waals surface area contributed by atoms with Gasteiger partial charge in [-0.15, -0.1) is 0 Å². The van der Waals surface area contributed by atoms with Gasteiger partial charge in [-0.05, 0) is 0 Å². The van der Waals surface area contributed by atoms with Crippen LogP contribution in [-0.2, 0) is 28.4 Å². The second kappa shape index (κ2) is 20.1. The summed E-state index contributed by atoms with van der Waals surface area (Å²) in [4.78, 5) is 2.87. The van der Waals surface area contributed by atoms with E-state index in [1.54, 1.807) is 7.11 Å². The summed E-state index contributed by atoms with van der Waals surface area (Å²) in [5.41, 5.74) is 6.45. The topological polar surface area (TPSA) is 106 Å². The quantitative estimate of drug-likeness (QED) is 0.220. The van der Waals surface area contributed by atoms with Crippen LogP contribution in [0.4, 0.5) is 0 Å². The summed E-state index contributed by atoms with van der Waals surface area (Å²) in [6, 6.07) is 0. The Morgan fingerprint density at radius 3 is 1.36 bits per heavy atom. The van der Waals surface area contributed by atoms with Crippen molar-refractivity contribution in [1.82, 2.24) is 4.91 Å². The molecular weight excluding hydrogens is 294 g/mol. The first kappa shape index (κ1) is 21.1. The van der Waals surface area contributed by atoms with Crippen molar-refractivity contribution >= 4 is 0 Å². The summed E-state index contributed by atoms with van der Waals surface area (Å²) in [5, 5.41) is 3.46. The molecule has 9 nitrogen and oxygen atoms in total. The third kappa shape index (κ3) is 19.1. The summed E-state index contributed by atoms with van der Waals surface area (Å²) < 4.78 is 31.3. The zero-order valence-electron chi connectivity index (χ0n) is 13.3. The molecule has 0 spiro atoms. The van der Waals surface area contributed by atoms with Gasteiger partial charge in [0.1, 0.15) is 17.2 Å². The number of hydrogen-bond donors (Lipinski definition) is 1. The van der Waals surface area contributed by atoms with Gasteiger partial charge < -0.3 is 28.4 Å². The fraction of sp³-hybridized carbons (Fsp3) is 1.00. The van der Waals surface area contributed by atoms with Crippen molar-refractivity contribution in [3.8, 4) is 0 Å². The van der Waals surface area contributed by atoms with Crippen LogP contribution in [0.15, 0.2) is 5.11 Å². The van der Waals surface area contributed by atoms with Crippen molar-refractivity contribution in [2.45, 2.75) is 0 Å². The molecule has 0 atom stereocenters. The number of ether oxygens (including phenoxy) is 6. The Kier molecular flexibility index (Phi) is 19.2. The lowest BCUT2D eigenvalue weighted by Gasteiger charge is -2.07. The maximum Gasteiger partial charge on any atom is 0.214 e. The second-order valence-electron chi connectivity index (χ2n) is 4.02. The highest BCUT2D eigenvalue weighted by Crippen LogP contribution is 1.84. The second-order valence-corrected chi connectivity index (χ2v) is 4.02. The first-order chi connectivity index (χ1) is 10.9. The predicted molar refractivity (Wildman–Crippen MR) is 78.1 cm³/mol. The van der Waals surface area contributed by atoms with Gasteiger partial charge in [0.25, 0.3) is 0 Å². The van der Waals surface area contributed by atoms with Gasteiger partial charge in [0.15, 0.2) is 0 Å². The molecule has 0 saturated heterocycles. The third-order valence-electron chi connectivity index (χ3n) is 2.33. The molecule has 130 valence electrons. The maximum absolute atomic E-state index is 6.45. The van der Waals surface area contributed by atoms with Gasteiger partial charge >= 0.3 is 0 Å². The monoisotopic (exact) mass is 322 g/mol. The van der Waals surface area contributed by atoms with E-state index in [4.69, 9.17) is 34.0 Å². The highest BCUT2D eigenvalue weighted by Gasteiger charge is 1.94. The lowest BCUT2D eigenvalue weighted by molar-refractivity contribution is -0.0143. The molecule has 0 saturated carbocycles. The predicted octanol–water partition coefficient (Wildman–Crippen LogP) is 0.266. The molecule has 1 N–H and O–H groups in total. The van der Waals surface area contributed by atoms with E-state index < -0.39 is 0 Å². The van der Waals surface area contributed by atoms with Crippen molar-refractivity contribution in [1.29, 1.82) is 5.53 Å². The number of nitrogens with zero attached hydrogens (tertiary/aromatic N) is 2. The minimum atomic E-state index is 0.407. The molecule has 0 aliphatic heterocycles. The average molecular weight is 322 g/mol. The summed E-state index contributed by atoms with van der Waals surface area (Å²) in [6.07, 6.45) is 0. The summed E-state index contributed by atoms with van der Waals surface area (Å²) >= 11 is 0. The fourth-order valence-electron chi connectivity index (χ4n) is 1.28. The Bertz CT molecular complexity index is 264. The van der Waals surface area contributed by atoms with Crippen LogP contribution in [0.1, 0.15) is 0 Å². The zero-order valence-corrected chi connectivity index (χ0v) is 13.3. The normalized spacial score (nSPS) is 10.6. The lowest BCUT2D eigenvalue weighted by atomic mass is 10.6. The number of methoxy groups -OCH3 is 1. The van der Waals surface area contributed by atoms with Crippen molar-refractivity contribution in [3.05, 3.63) is 0 Å². The Morgan fingerprint density at radius 2 is 1.00 bits per heavy atom. The fourth-order valence-corrected chi connectivity index (χ4v) is 1.28. The van der Waals surface area contributed by atoms with Crippen LogP contribution in [0.2, 0.25) is 0 Å². The van der Waals surface area contributed by atoms with Crippen LogP contribution in [0.3, 0.4) is 0 Å². The molecule has 0 bridgehead atoms. The number of rotatable bonds is 18. The van der Waals surface area contributed by atoms with Crippen LogP contribution in [0, 0.1) is 5.53 Å². The highest BCUT2D eigenvalue weighted by atomic mass is 16.6. The maximum atomic E-state index is 6.45. The van der Waals surface area contributed by atoms with E-state index in [2.05, 4.69) is 10.0 Å². The molecule has 0 aromatic heterocycles. The summed E-state index contributed by atoms with van der Waals surface area (Å²) in [6.45, 7) is 6.32. The number of hydrogen-bond acceptors (Lipinski definition) is 8. The van der Waals surface area contributed by atoms with Gasteiger partial charge in [0.2, 0.25) is 4.91 Å². The van der Waals surface area contributed by atoms with Crippen LogP contribution >= 0.6 is 0 Å². The molecule has 0 fully saturated rings. The summed E-state index contributed by atoms with van der Waals surface area (Å²) in [7, 11) is 1.64. The van der Waals surface area contributed by atoms with Gasteiger partial charge in [-0.25, -0.2) is 0 Å². The van der Waals surface area contributed by atoms with Crippen molar-refractivity contribution in [3.63, 3.8) is 0 Å². The Hall–Kier alpha value is -0.930. The molecule has 22 heavy (non-hydrogen) atoms. The molecule has 0 aromatic rings. The average Bonchev–Trinajstić information content (AvgIpc) is 2.54. The molecule has 0 unspecified atom stereocenters. The number of nitrogens with one attached hydrogen (secondary N) is 1. The standard InChI is InChI=1S/C13H28N3O6/c1-17-4-5-19-8-9-21-12-13-22-11-10-20-7-6-18-3-2-15-16-14/h14H,2-13H2,1H3/q+1. The third-order valence-corrected chi connectivity index (χ3v) is 2.33. The van der Waals surface area contributed by atoms with E-state index in [-0.39, 0.29) is 0 Å². The van der Waals surface area contributed by atoms with E-state index in [1.807, 2.05) is 0 Å². The first-order valence-electron chi connectivity index (χ1n) is 7.32. The lowest BCUT2D eigenvalue weighted by Crippen LogP contribution is -2.14. The molecule has 0 amide bonds. The van der Waals surface area contributed by atoms with Crippen LogP contribution in [0.5, 0.6) is 0 Å². The van der Waals surface area contributed by atoms with Crippen LogP contribution in [0.25, 0.3) is 0 Å². The summed E-state index contributed by atoms with van der Waals surface area (Å²) in [5.74, 6) is 0. The molecule has 0 radical (unpaired) electrons.